The number of esters is 1. The molecule has 2 aliphatic rings. The van der Waals surface area contributed by atoms with E-state index in [9.17, 15) is 14.0 Å². The summed E-state index contributed by atoms with van der Waals surface area (Å²) in [5.74, 6) is -0.978. The van der Waals surface area contributed by atoms with Crippen LogP contribution in [0, 0.1) is 5.82 Å². The first kappa shape index (κ1) is 19.9. The van der Waals surface area contributed by atoms with Gasteiger partial charge in [-0.3, -0.25) is 4.79 Å². The summed E-state index contributed by atoms with van der Waals surface area (Å²) < 4.78 is 21.9. The SMILES string of the molecule is CCOC(=O)c1cn(C2CC2)c2nc3cc(N4CC(N(C)C)C4)c(F)cc3cc2c1=O. The molecule has 3 aromatic rings. The fourth-order valence-corrected chi connectivity index (χ4v) is 4.15. The molecule has 5 rings (SSSR count). The van der Waals surface area contributed by atoms with Crippen molar-refractivity contribution in [2.45, 2.75) is 31.8 Å². The summed E-state index contributed by atoms with van der Waals surface area (Å²) in [7, 11) is 4.04. The van der Waals surface area contributed by atoms with E-state index in [1.54, 1.807) is 25.3 Å². The molecule has 31 heavy (non-hydrogen) atoms. The van der Waals surface area contributed by atoms with Crippen molar-refractivity contribution in [3.05, 3.63) is 46.0 Å². The fraction of sp³-hybridized carbons (Fsp3) is 0.435. The van der Waals surface area contributed by atoms with E-state index in [2.05, 4.69) is 4.90 Å². The summed E-state index contributed by atoms with van der Waals surface area (Å²) in [6, 6.07) is 5.45. The van der Waals surface area contributed by atoms with Crippen LogP contribution in [0.1, 0.15) is 36.2 Å². The summed E-state index contributed by atoms with van der Waals surface area (Å²) in [6.07, 6.45) is 3.50. The first-order valence-electron chi connectivity index (χ1n) is 10.6. The van der Waals surface area contributed by atoms with Crippen LogP contribution in [0.4, 0.5) is 10.1 Å². The van der Waals surface area contributed by atoms with Gasteiger partial charge in [0.1, 0.15) is 17.0 Å². The van der Waals surface area contributed by atoms with E-state index in [4.69, 9.17) is 9.72 Å². The number of anilines is 1. The highest BCUT2D eigenvalue weighted by Crippen LogP contribution is 2.37. The van der Waals surface area contributed by atoms with Gasteiger partial charge in [0.2, 0.25) is 5.43 Å². The van der Waals surface area contributed by atoms with Gasteiger partial charge in [0, 0.05) is 36.8 Å². The summed E-state index contributed by atoms with van der Waals surface area (Å²) in [5.41, 5.74) is 1.26. The normalized spacial score (nSPS) is 16.9. The Morgan fingerprint density at radius 1 is 1.26 bits per heavy atom. The van der Waals surface area contributed by atoms with Crippen molar-refractivity contribution in [3.8, 4) is 0 Å². The zero-order valence-corrected chi connectivity index (χ0v) is 17.9. The lowest BCUT2D eigenvalue weighted by atomic mass is 10.0. The zero-order chi connectivity index (χ0) is 21.9. The molecule has 0 bridgehead atoms. The Labute approximate surface area is 179 Å². The third kappa shape index (κ3) is 3.35. The van der Waals surface area contributed by atoms with Crippen LogP contribution in [0.2, 0.25) is 0 Å². The van der Waals surface area contributed by atoms with E-state index >= 15 is 0 Å². The van der Waals surface area contributed by atoms with Crippen LogP contribution in [-0.2, 0) is 4.74 Å². The molecular weight excluding hydrogens is 399 g/mol. The molecular formula is C23H25FN4O3. The van der Waals surface area contributed by atoms with E-state index in [-0.39, 0.29) is 24.0 Å². The molecule has 0 atom stereocenters. The molecule has 2 aromatic heterocycles. The summed E-state index contributed by atoms with van der Waals surface area (Å²) in [4.78, 5) is 34.3. The second kappa shape index (κ2) is 7.30. The van der Waals surface area contributed by atoms with Crippen LogP contribution in [-0.4, -0.2) is 60.3 Å². The second-order valence-corrected chi connectivity index (χ2v) is 8.61. The molecule has 162 valence electrons. The first-order valence-corrected chi connectivity index (χ1v) is 10.6. The van der Waals surface area contributed by atoms with Crippen LogP contribution in [0.25, 0.3) is 21.9 Å². The number of ether oxygens (including phenoxy) is 1. The molecule has 1 saturated heterocycles. The molecule has 2 fully saturated rings. The van der Waals surface area contributed by atoms with Crippen LogP contribution in [0.15, 0.2) is 29.2 Å². The van der Waals surface area contributed by atoms with Gasteiger partial charge in [-0.1, -0.05) is 0 Å². The molecule has 1 aliphatic heterocycles. The van der Waals surface area contributed by atoms with Gasteiger partial charge in [0.15, 0.2) is 0 Å². The molecule has 7 nitrogen and oxygen atoms in total. The van der Waals surface area contributed by atoms with Gasteiger partial charge in [-0.15, -0.1) is 0 Å². The zero-order valence-electron chi connectivity index (χ0n) is 17.9. The maximum atomic E-state index is 14.9. The van der Waals surface area contributed by atoms with Crippen molar-refractivity contribution in [2.24, 2.45) is 0 Å². The molecule has 0 N–H and O–H groups in total. The smallest absolute Gasteiger partial charge is 0.343 e. The number of halogens is 1. The van der Waals surface area contributed by atoms with Crippen LogP contribution < -0.4 is 10.3 Å². The van der Waals surface area contributed by atoms with Crippen LogP contribution in [0.5, 0.6) is 0 Å². The van der Waals surface area contributed by atoms with Crippen molar-refractivity contribution >= 4 is 33.6 Å². The maximum Gasteiger partial charge on any atom is 0.343 e. The number of hydrogen-bond donors (Lipinski definition) is 0. The Hall–Kier alpha value is -3.00. The Morgan fingerprint density at radius 3 is 2.65 bits per heavy atom. The van der Waals surface area contributed by atoms with Crippen molar-refractivity contribution in [1.29, 1.82) is 0 Å². The number of nitrogens with zero attached hydrogens (tertiary/aromatic N) is 4. The van der Waals surface area contributed by atoms with Gasteiger partial charge < -0.3 is 19.1 Å². The highest BCUT2D eigenvalue weighted by Gasteiger charge is 2.31. The maximum absolute atomic E-state index is 14.9. The number of likely N-dealkylation sites (N-methyl/N-ethyl adjacent to an activating group) is 1. The molecule has 8 heteroatoms. The number of pyridine rings is 2. The van der Waals surface area contributed by atoms with Gasteiger partial charge >= 0.3 is 5.97 Å². The molecule has 0 radical (unpaired) electrons. The van der Waals surface area contributed by atoms with Crippen LogP contribution >= 0.6 is 0 Å². The number of aromatic nitrogens is 2. The molecule has 1 saturated carbocycles. The fourth-order valence-electron chi connectivity index (χ4n) is 4.15. The lowest BCUT2D eigenvalue weighted by molar-refractivity contribution is 0.0524. The average Bonchev–Trinajstić information content (AvgIpc) is 3.51. The Bertz CT molecular complexity index is 1260. The van der Waals surface area contributed by atoms with Crippen molar-refractivity contribution in [1.82, 2.24) is 14.5 Å². The monoisotopic (exact) mass is 424 g/mol. The predicted octanol–water partition coefficient (Wildman–Crippen LogP) is 2.95. The van der Waals surface area contributed by atoms with Crippen molar-refractivity contribution < 1.29 is 13.9 Å². The number of carbonyl (C=O) groups is 1. The van der Waals surface area contributed by atoms with E-state index in [0.29, 0.717) is 33.7 Å². The first-order chi connectivity index (χ1) is 14.9. The topological polar surface area (TPSA) is 67.7 Å². The van der Waals surface area contributed by atoms with Gasteiger partial charge in [0.05, 0.1) is 23.2 Å². The minimum absolute atomic E-state index is 0.00482. The third-order valence-corrected chi connectivity index (χ3v) is 6.23. The molecule has 3 heterocycles. The average molecular weight is 424 g/mol. The van der Waals surface area contributed by atoms with E-state index in [1.807, 2.05) is 23.6 Å². The lowest BCUT2D eigenvalue weighted by Crippen LogP contribution is -2.57. The van der Waals surface area contributed by atoms with Gasteiger partial charge in [-0.05, 0) is 52.1 Å². The highest BCUT2D eigenvalue weighted by atomic mass is 19.1. The number of hydrogen-bond acceptors (Lipinski definition) is 6. The van der Waals surface area contributed by atoms with E-state index < -0.39 is 11.4 Å². The number of benzene rings is 1. The molecule has 0 unspecified atom stereocenters. The standard InChI is InChI=1S/C23H25FN4O3/c1-4-31-23(30)17-12-28(14-5-6-14)22-16(21(17)29)7-13-8-18(24)20(9-19(13)25-22)27-10-15(11-27)26(2)3/h7-9,12,14-15H,4-6,10-11H2,1-3H3. The highest BCUT2D eigenvalue weighted by molar-refractivity contribution is 5.97. The molecule has 1 aromatic carbocycles. The van der Waals surface area contributed by atoms with Crippen molar-refractivity contribution in [3.63, 3.8) is 0 Å². The number of fused-ring (bicyclic) bond motifs is 2. The van der Waals surface area contributed by atoms with Crippen molar-refractivity contribution in [2.75, 3.05) is 38.7 Å². The van der Waals surface area contributed by atoms with Gasteiger partial charge in [-0.2, -0.15) is 0 Å². The largest absolute Gasteiger partial charge is 0.462 e. The number of carbonyl (C=O) groups excluding carboxylic acids is 1. The lowest BCUT2D eigenvalue weighted by Gasteiger charge is -2.44. The summed E-state index contributed by atoms with van der Waals surface area (Å²) in [5, 5.41) is 0.854. The van der Waals surface area contributed by atoms with Gasteiger partial charge in [-0.25, -0.2) is 14.2 Å². The quantitative estimate of drug-likeness (QED) is 0.463. The second-order valence-electron chi connectivity index (χ2n) is 8.61. The summed E-state index contributed by atoms with van der Waals surface area (Å²) in [6.45, 7) is 3.42. The van der Waals surface area contributed by atoms with Crippen LogP contribution in [0.3, 0.4) is 0 Å². The minimum atomic E-state index is -0.640. The molecule has 0 amide bonds. The van der Waals surface area contributed by atoms with E-state index in [1.165, 1.54) is 6.07 Å². The Morgan fingerprint density at radius 2 is 2.00 bits per heavy atom. The van der Waals surface area contributed by atoms with E-state index in [0.717, 1.165) is 25.9 Å². The Kier molecular flexibility index (Phi) is 4.69. The summed E-state index contributed by atoms with van der Waals surface area (Å²) >= 11 is 0. The third-order valence-electron chi connectivity index (χ3n) is 6.23. The number of rotatable bonds is 5. The minimum Gasteiger partial charge on any atom is -0.462 e. The molecule has 1 aliphatic carbocycles. The molecule has 0 spiro atoms. The Balaban J connectivity index is 1.65. The predicted molar refractivity (Wildman–Crippen MR) is 117 cm³/mol. The van der Waals surface area contributed by atoms with Gasteiger partial charge in [0.25, 0.3) is 0 Å².